The molecule has 1 N–H and O–H groups in total. The molecule has 0 aromatic heterocycles. The average Bonchev–Trinajstić information content (AvgIpc) is 2.14. The fourth-order valence-corrected chi connectivity index (χ4v) is 1.09. The topological polar surface area (TPSA) is 27.1 Å². The SMILES string of the molecule is C[C@@H]1CCN(C=N)C1. The minimum Gasteiger partial charge on any atom is -0.363 e. The van der Waals surface area contributed by atoms with Crippen molar-refractivity contribution in [1.82, 2.24) is 4.90 Å². The lowest BCUT2D eigenvalue weighted by molar-refractivity contribution is 0.505. The molecule has 8 heavy (non-hydrogen) atoms. The summed E-state index contributed by atoms with van der Waals surface area (Å²) in [6.45, 7) is 4.40. The summed E-state index contributed by atoms with van der Waals surface area (Å²) in [7, 11) is 0. The van der Waals surface area contributed by atoms with Gasteiger partial charge in [-0.3, -0.25) is 5.41 Å². The Morgan fingerprint density at radius 3 is 2.75 bits per heavy atom. The third-order valence-electron chi connectivity index (χ3n) is 1.64. The molecule has 46 valence electrons. The molecule has 1 heterocycles. The molecule has 2 nitrogen and oxygen atoms in total. The third-order valence-corrected chi connectivity index (χ3v) is 1.64. The van der Waals surface area contributed by atoms with E-state index < -0.39 is 0 Å². The van der Waals surface area contributed by atoms with Gasteiger partial charge >= 0.3 is 0 Å². The predicted octanol–water partition coefficient (Wildman–Crippen LogP) is 0.935. The summed E-state index contributed by atoms with van der Waals surface area (Å²) in [6, 6.07) is 0. The van der Waals surface area contributed by atoms with Crippen molar-refractivity contribution >= 4 is 6.34 Å². The van der Waals surface area contributed by atoms with E-state index in [1.165, 1.54) is 12.8 Å². The summed E-state index contributed by atoms with van der Waals surface area (Å²) in [5.74, 6) is 0.802. The van der Waals surface area contributed by atoms with Crippen molar-refractivity contribution in [2.24, 2.45) is 5.92 Å². The van der Waals surface area contributed by atoms with E-state index >= 15 is 0 Å². The van der Waals surface area contributed by atoms with Crippen LogP contribution in [0.1, 0.15) is 13.3 Å². The first-order chi connectivity index (χ1) is 3.83. The second-order valence-corrected chi connectivity index (χ2v) is 2.52. The molecule has 1 rings (SSSR count). The van der Waals surface area contributed by atoms with Gasteiger partial charge in [0.25, 0.3) is 0 Å². The molecule has 1 aliphatic rings. The highest BCUT2D eigenvalue weighted by Crippen LogP contribution is 2.12. The summed E-state index contributed by atoms with van der Waals surface area (Å²) < 4.78 is 0. The minimum absolute atomic E-state index is 0.802. The highest BCUT2D eigenvalue weighted by molar-refractivity contribution is 5.50. The molecule has 1 aliphatic heterocycles. The van der Waals surface area contributed by atoms with Gasteiger partial charge in [-0.25, -0.2) is 0 Å². The molecule has 1 atom stereocenters. The van der Waals surface area contributed by atoms with Crippen molar-refractivity contribution in [3.63, 3.8) is 0 Å². The van der Waals surface area contributed by atoms with Crippen LogP contribution in [0.3, 0.4) is 0 Å². The first kappa shape index (κ1) is 5.60. The molecule has 0 spiro atoms. The van der Waals surface area contributed by atoms with Gasteiger partial charge in [0.15, 0.2) is 0 Å². The van der Waals surface area contributed by atoms with Crippen molar-refractivity contribution in [3.8, 4) is 0 Å². The Labute approximate surface area is 50.0 Å². The number of hydrogen-bond acceptors (Lipinski definition) is 1. The lowest BCUT2D eigenvalue weighted by Gasteiger charge is -2.07. The van der Waals surface area contributed by atoms with Crippen LogP contribution in [0.15, 0.2) is 0 Å². The van der Waals surface area contributed by atoms with E-state index in [0.29, 0.717) is 0 Å². The molecular weight excluding hydrogens is 100 g/mol. The van der Waals surface area contributed by atoms with Crippen LogP contribution in [0, 0.1) is 11.3 Å². The van der Waals surface area contributed by atoms with Gasteiger partial charge in [0.2, 0.25) is 0 Å². The zero-order chi connectivity index (χ0) is 5.98. The van der Waals surface area contributed by atoms with Crippen LogP contribution in [-0.4, -0.2) is 24.3 Å². The second-order valence-electron chi connectivity index (χ2n) is 2.52. The third kappa shape index (κ3) is 0.997. The fraction of sp³-hybridized carbons (Fsp3) is 0.833. The Hall–Kier alpha value is -0.530. The van der Waals surface area contributed by atoms with Crippen molar-refractivity contribution in [2.45, 2.75) is 13.3 Å². The van der Waals surface area contributed by atoms with Crippen molar-refractivity contribution < 1.29 is 0 Å². The normalized spacial score (nSPS) is 28.6. The van der Waals surface area contributed by atoms with Gasteiger partial charge in [-0.2, -0.15) is 0 Å². The molecule has 0 aromatic carbocycles. The average molecular weight is 112 g/mol. The smallest absolute Gasteiger partial charge is 0.0817 e. The maximum Gasteiger partial charge on any atom is 0.0817 e. The first-order valence-electron chi connectivity index (χ1n) is 3.07. The number of hydrogen-bond donors (Lipinski definition) is 1. The predicted molar refractivity (Wildman–Crippen MR) is 34.1 cm³/mol. The van der Waals surface area contributed by atoms with Crippen molar-refractivity contribution in [1.29, 1.82) is 5.41 Å². The zero-order valence-electron chi connectivity index (χ0n) is 5.22. The van der Waals surface area contributed by atoms with Crippen LogP contribution in [0.4, 0.5) is 0 Å². The first-order valence-corrected chi connectivity index (χ1v) is 3.07. The summed E-state index contributed by atoms with van der Waals surface area (Å²) in [6.07, 6.45) is 2.69. The molecule has 0 unspecified atom stereocenters. The molecular formula is C6H12N2. The second kappa shape index (κ2) is 2.16. The molecule has 0 saturated carbocycles. The Kier molecular flexibility index (Phi) is 1.51. The molecule has 2 heteroatoms. The summed E-state index contributed by atoms with van der Waals surface area (Å²) in [5, 5.41) is 6.89. The molecule has 0 amide bonds. The van der Waals surface area contributed by atoms with Crippen LogP contribution in [0.2, 0.25) is 0 Å². The van der Waals surface area contributed by atoms with E-state index in [0.717, 1.165) is 19.0 Å². The molecule has 0 aromatic rings. The van der Waals surface area contributed by atoms with Crippen LogP contribution in [-0.2, 0) is 0 Å². The van der Waals surface area contributed by atoms with E-state index in [2.05, 4.69) is 6.92 Å². The lowest BCUT2D eigenvalue weighted by Crippen LogP contribution is -2.16. The van der Waals surface area contributed by atoms with E-state index in [4.69, 9.17) is 5.41 Å². The minimum atomic E-state index is 0.802. The van der Waals surface area contributed by atoms with Crippen LogP contribution in [0.5, 0.6) is 0 Å². The number of nitrogens with zero attached hydrogens (tertiary/aromatic N) is 1. The fourth-order valence-electron chi connectivity index (χ4n) is 1.09. The molecule has 0 bridgehead atoms. The van der Waals surface area contributed by atoms with Crippen molar-refractivity contribution in [2.75, 3.05) is 13.1 Å². The summed E-state index contributed by atoms with van der Waals surface area (Å²) in [4.78, 5) is 2.05. The Morgan fingerprint density at radius 2 is 2.50 bits per heavy atom. The van der Waals surface area contributed by atoms with E-state index in [1.807, 2.05) is 4.90 Å². The largest absolute Gasteiger partial charge is 0.363 e. The Morgan fingerprint density at radius 1 is 1.75 bits per heavy atom. The van der Waals surface area contributed by atoms with Crippen LogP contribution < -0.4 is 0 Å². The van der Waals surface area contributed by atoms with Gasteiger partial charge in [0.05, 0.1) is 6.34 Å². The molecule has 0 radical (unpaired) electrons. The number of nitrogens with one attached hydrogen (secondary N) is 1. The quantitative estimate of drug-likeness (QED) is 0.396. The maximum atomic E-state index is 6.89. The highest BCUT2D eigenvalue weighted by Gasteiger charge is 2.14. The van der Waals surface area contributed by atoms with E-state index in [-0.39, 0.29) is 0 Å². The van der Waals surface area contributed by atoms with Crippen LogP contribution >= 0.6 is 0 Å². The lowest BCUT2D eigenvalue weighted by atomic mass is 10.2. The van der Waals surface area contributed by atoms with E-state index in [9.17, 15) is 0 Å². The Bertz CT molecular complexity index is 90.5. The van der Waals surface area contributed by atoms with Gasteiger partial charge in [0, 0.05) is 13.1 Å². The Balaban J connectivity index is 2.32. The maximum absolute atomic E-state index is 6.89. The molecule has 1 saturated heterocycles. The van der Waals surface area contributed by atoms with Gasteiger partial charge in [-0.1, -0.05) is 6.92 Å². The molecule has 0 aliphatic carbocycles. The van der Waals surface area contributed by atoms with Crippen molar-refractivity contribution in [3.05, 3.63) is 0 Å². The highest BCUT2D eigenvalue weighted by atomic mass is 15.1. The monoisotopic (exact) mass is 112 g/mol. The molecule has 1 fully saturated rings. The number of likely N-dealkylation sites (tertiary alicyclic amines) is 1. The summed E-state index contributed by atoms with van der Waals surface area (Å²) in [5.41, 5.74) is 0. The summed E-state index contributed by atoms with van der Waals surface area (Å²) >= 11 is 0. The van der Waals surface area contributed by atoms with E-state index in [1.54, 1.807) is 0 Å². The van der Waals surface area contributed by atoms with Crippen LogP contribution in [0.25, 0.3) is 0 Å². The van der Waals surface area contributed by atoms with Gasteiger partial charge in [-0.15, -0.1) is 0 Å². The van der Waals surface area contributed by atoms with Gasteiger partial charge in [-0.05, 0) is 12.3 Å². The van der Waals surface area contributed by atoms with Gasteiger partial charge in [0.1, 0.15) is 0 Å². The van der Waals surface area contributed by atoms with Gasteiger partial charge < -0.3 is 4.90 Å². The number of rotatable bonds is 1. The zero-order valence-corrected chi connectivity index (χ0v) is 5.22. The standard InChI is InChI=1S/C6H12N2/c1-6-2-3-8(4-6)5-7/h5-7H,2-4H2,1H3/t6-/m1/s1.